The van der Waals surface area contributed by atoms with Crippen molar-refractivity contribution in [2.24, 2.45) is 0 Å². The summed E-state index contributed by atoms with van der Waals surface area (Å²) in [6, 6.07) is 1.92. The van der Waals surface area contributed by atoms with Gasteiger partial charge in [-0.2, -0.15) is 13.2 Å². The number of hydrogen-bond acceptors (Lipinski definition) is 6. The molecule has 0 aromatic carbocycles. The molecular formula is C15H20ClF3N2O5S. The summed E-state index contributed by atoms with van der Waals surface area (Å²) in [4.78, 5) is 24.8. The maximum Gasteiger partial charge on any atom is 0.490 e. The van der Waals surface area contributed by atoms with Gasteiger partial charge in [-0.1, -0.05) is 11.6 Å². The van der Waals surface area contributed by atoms with Gasteiger partial charge in [-0.05, 0) is 18.5 Å². The number of ether oxygens (including phenoxy) is 1. The highest BCUT2D eigenvalue weighted by molar-refractivity contribution is 7.10. The predicted octanol–water partition coefficient (Wildman–Crippen LogP) is 2.25. The van der Waals surface area contributed by atoms with Crippen molar-refractivity contribution in [2.75, 3.05) is 39.8 Å². The lowest BCUT2D eigenvalue weighted by Gasteiger charge is -2.34. The summed E-state index contributed by atoms with van der Waals surface area (Å²) >= 11 is 7.78. The summed E-state index contributed by atoms with van der Waals surface area (Å²) in [6.45, 7) is 3.86. The lowest BCUT2D eigenvalue weighted by molar-refractivity contribution is -0.192. The molecule has 2 heterocycles. The molecule has 1 aliphatic rings. The molecule has 0 radical (unpaired) electrons. The molecule has 1 atom stereocenters. The second kappa shape index (κ2) is 10.8. The summed E-state index contributed by atoms with van der Waals surface area (Å²) < 4.78 is 37.4. The van der Waals surface area contributed by atoms with Crippen molar-refractivity contribution in [3.63, 3.8) is 0 Å². The number of likely N-dealkylation sites (N-methyl/N-ethyl adjacent to an activating group) is 1. The van der Waals surface area contributed by atoms with E-state index in [2.05, 4.69) is 4.90 Å². The Labute approximate surface area is 162 Å². The van der Waals surface area contributed by atoms with E-state index in [0.717, 1.165) is 24.7 Å². The molecule has 154 valence electrons. The van der Waals surface area contributed by atoms with E-state index in [9.17, 15) is 18.0 Å². The maximum atomic E-state index is 10.7. The second-order valence-electron chi connectivity index (χ2n) is 5.81. The number of hydrogen-bond donors (Lipinski definition) is 2. The molecule has 1 unspecified atom stereocenters. The van der Waals surface area contributed by atoms with Gasteiger partial charge in [0, 0.05) is 31.1 Å². The van der Waals surface area contributed by atoms with E-state index in [1.165, 1.54) is 4.88 Å². The second-order valence-corrected chi connectivity index (χ2v) is 7.22. The topological polar surface area (TPSA) is 90.3 Å². The van der Waals surface area contributed by atoms with Crippen LogP contribution in [0.3, 0.4) is 0 Å². The molecule has 12 heteroatoms. The van der Waals surface area contributed by atoms with E-state index in [1.807, 2.05) is 11.4 Å². The van der Waals surface area contributed by atoms with Gasteiger partial charge >= 0.3 is 18.1 Å². The predicted molar refractivity (Wildman–Crippen MR) is 93.2 cm³/mol. The van der Waals surface area contributed by atoms with Gasteiger partial charge in [0.2, 0.25) is 0 Å². The first-order valence-corrected chi connectivity index (χ1v) is 9.01. The maximum absolute atomic E-state index is 10.7. The van der Waals surface area contributed by atoms with Crippen LogP contribution in [-0.4, -0.2) is 84.1 Å². The zero-order valence-electron chi connectivity index (χ0n) is 14.4. The Hall–Kier alpha value is -1.40. The third kappa shape index (κ3) is 9.38. The van der Waals surface area contributed by atoms with Crippen LogP contribution in [0.2, 0.25) is 5.02 Å². The number of thiophene rings is 1. The van der Waals surface area contributed by atoms with Crippen molar-refractivity contribution in [3.8, 4) is 0 Å². The van der Waals surface area contributed by atoms with Crippen LogP contribution in [0.1, 0.15) is 4.88 Å². The molecule has 1 aromatic rings. The molecule has 1 saturated heterocycles. The highest BCUT2D eigenvalue weighted by Gasteiger charge is 2.38. The first kappa shape index (κ1) is 23.6. The Morgan fingerprint density at radius 2 is 2.07 bits per heavy atom. The molecule has 0 spiro atoms. The number of halogens is 4. The first-order chi connectivity index (χ1) is 12.5. The van der Waals surface area contributed by atoms with Crippen molar-refractivity contribution in [2.45, 2.75) is 18.8 Å². The van der Waals surface area contributed by atoms with Crippen LogP contribution in [0.4, 0.5) is 13.2 Å². The van der Waals surface area contributed by atoms with E-state index in [1.54, 1.807) is 23.3 Å². The van der Waals surface area contributed by atoms with Crippen LogP contribution >= 0.6 is 22.9 Å². The minimum absolute atomic E-state index is 0.0383. The standard InChI is InChI=1S/C13H19ClN2O3S.C2HF3O2/c1-15(9-13(17)18)6-10-7-16(3-4-19-10)8-12-11(14)2-5-20-12;3-2(4,5)1(6)7/h2,5,10H,3-4,6-9H2,1H3,(H,17,18);(H,6,7). The van der Waals surface area contributed by atoms with E-state index in [0.29, 0.717) is 13.2 Å². The summed E-state index contributed by atoms with van der Waals surface area (Å²) in [5, 5.41) is 18.7. The summed E-state index contributed by atoms with van der Waals surface area (Å²) in [6.07, 6.45) is -5.04. The number of carbonyl (C=O) groups is 2. The SMILES string of the molecule is CN(CC(=O)O)CC1CN(Cc2sccc2Cl)CCO1.O=C(O)C(F)(F)F. The highest BCUT2D eigenvalue weighted by Crippen LogP contribution is 2.24. The quantitative estimate of drug-likeness (QED) is 0.712. The van der Waals surface area contributed by atoms with E-state index in [4.69, 9.17) is 31.3 Å². The third-order valence-electron chi connectivity index (χ3n) is 3.44. The smallest absolute Gasteiger partial charge is 0.480 e. The molecule has 0 bridgehead atoms. The van der Waals surface area contributed by atoms with Gasteiger partial charge in [-0.25, -0.2) is 4.79 Å². The van der Waals surface area contributed by atoms with Gasteiger partial charge in [-0.3, -0.25) is 14.6 Å². The van der Waals surface area contributed by atoms with Gasteiger partial charge in [0.15, 0.2) is 0 Å². The zero-order chi connectivity index (χ0) is 20.6. The Balaban J connectivity index is 0.000000445. The molecule has 0 aliphatic carbocycles. The van der Waals surface area contributed by atoms with Crippen LogP contribution in [0.5, 0.6) is 0 Å². The van der Waals surface area contributed by atoms with Gasteiger partial charge < -0.3 is 14.9 Å². The van der Waals surface area contributed by atoms with Gasteiger partial charge in [-0.15, -0.1) is 11.3 Å². The fraction of sp³-hybridized carbons (Fsp3) is 0.600. The fourth-order valence-electron chi connectivity index (χ4n) is 2.32. The summed E-state index contributed by atoms with van der Waals surface area (Å²) in [5.74, 6) is -3.57. The first-order valence-electron chi connectivity index (χ1n) is 7.75. The van der Waals surface area contributed by atoms with Gasteiger partial charge in [0.25, 0.3) is 0 Å². The van der Waals surface area contributed by atoms with Crippen molar-refractivity contribution < 1.29 is 37.7 Å². The Morgan fingerprint density at radius 3 is 2.56 bits per heavy atom. The number of nitrogens with zero attached hydrogens (tertiary/aromatic N) is 2. The molecule has 7 nitrogen and oxygen atoms in total. The Morgan fingerprint density at radius 1 is 1.44 bits per heavy atom. The zero-order valence-corrected chi connectivity index (χ0v) is 16.0. The number of aliphatic carboxylic acids is 2. The fourth-order valence-corrected chi connectivity index (χ4v) is 3.46. The average Bonchev–Trinajstić information content (AvgIpc) is 2.91. The molecule has 1 aliphatic heterocycles. The monoisotopic (exact) mass is 432 g/mol. The number of alkyl halides is 3. The molecular weight excluding hydrogens is 413 g/mol. The summed E-state index contributed by atoms with van der Waals surface area (Å²) in [5.41, 5.74) is 0. The molecule has 0 amide bonds. The largest absolute Gasteiger partial charge is 0.490 e. The van der Waals surface area contributed by atoms with Gasteiger partial charge in [0.05, 0.1) is 24.3 Å². The lowest BCUT2D eigenvalue weighted by atomic mass is 10.2. The van der Waals surface area contributed by atoms with Gasteiger partial charge in [0.1, 0.15) is 0 Å². The third-order valence-corrected chi connectivity index (χ3v) is 4.82. The number of morpholine rings is 1. The molecule has 27 heavy (non-hydrogen) atoms. The van der Waals surface area contributed by atoms with Crippen molar-refractivity contribution in [1.29, 1.82) is 0 Å². The lowest BCUT2D eigenvalue weighted by Crippen LogP contribution is -2.47. The minimum Gasteiger partial charge on any atom is -0.480 e. The van der Waals surface area contributed by atoms with Crippen LogP contribution < -0.4 is 0 Å². The van der Waals surface area contributed by atoms with E-state index in [-0.39, 0.29) is 12.6 Å². The normalized spacial score (nSPS) is 18.1. The highest BCUT2D eigenvalue weighted by atomic mass is 35.5. The molecule has 2 rings (SSSR count). The van der Waals surface area contributed by atoms with Crippen molar-refractivity contribution >= 4 is 34.9 Å². The summed E-state index contributed by atoms with van der Waals surface area (Å²) in [7, 11) is 1.80. The number of carboxylic acids is 2. The minimum atomic E-state index is -5.08. The average molecular weight is 433 g/mol. The molecule has 1 fully saturated rings. The Kier molecular flexibility index (Phi) is 9.47. The van der Waals surface area contributed by atoms with Crippen molar-refractivity contribution in [3.05, 3.63) is 21.3 Å². The van der Waals surface area contributed by atoms with Crippen LogP contribution in [-0.2, 0) is 20.9 Å². The molecule has 1 aromatic heterocycles. The van der Waals surface area contributed by atoms with E-state index < -0.39 is 18.1 Å². The van der Waals surface area contributed by atoms with E-state index >= 15 is 0 Å². The molecule has 0 saturated carbocycles. The molecule has 2 N–H and O–H groups in total. The van der Waals surface area contributed by atoms with Crippen LogP contribution in [0, 0.1) is 0 Å². The Bertz CT molecular complexity index is 629. The van der Waals surface area contributed by atoms with Crippen molar-refractivity contribution in [1.82, 2.24) is 9.80 Å². The van der Waals surface area contributed by atoms with Crippen LogP contribution in [0.15, 0.2) is 11.4 Å². The number of carboxylic acid groups (broad SMARTS) is 2. The number of rotatable bonds is 6. The van der Waals surface area contributed by atoms with Crippen LogP contribution in [0.25, 0.3) is 0 Å².